The number of aliphatic hydroxyl groups is 1. The number of nitrogens with zero attached hydrogens (tertiary/aromatic N) is 1. The molecule has 198 valence electrons. The summed E-state index contributed by atoms with van der Waals surface area (Å²) >= 11 is 0. The Morgan fingerprint density at radius 2 is 1.41 bits per heavy atom. The highest BCUT2D eigenvalue weighted by molar-refractivity contribution is 5.77. The van der Waals surface area contributed by atoms with Gasteiger partial charge in [0.1, 0.15) is 6.04 Å². The summed E-state index contributed by atoms with van der Waals surface area (Å²) in [4.78, 5) is 35.6. The molecule has 8 heteroatoms. The van der Waals surface area contributed by atoms with Gasteiger partial charge in [0, 0.05) is 19.5 Å². The summed E-state index contributed by atoms with van der Waals surface area (Å²) in [5, 5.41) is 30.1. The number of rotatable bonds is 24. The van der Waals surface area contributed by atoms with E-state index >= 15 is 0 Å². The normalized spacial score (nSPS) is 12.3. The maximum Gasteiger partial charge on any atom is 0.321 e. The SMILES string of the molecule is CCCCCCCC/C=C\CCCCCCCC(=O)NCCC(C(=O)O)N(CCO)CC(=O)O. The number of amides is 1. The molecule has 0 aromatic rings. The molecule has 0 aromatic heterocycles. The van der Waals surface area contributed by atoms with E-state index in [1.807, 2.05) is 0 Å². The molecule has 0 aliphatic carbocycles. The van der Waals surface area contributed by atoms with Crippen LogP contribution in [0.4, 0.5) is 0 Å². The second-order valence-electron chi connectivity index (χ2n) is 8.91. The van der Waals surface area contributed by atoms with Gasteiger partial charge in [0.15, 0.2) is 0 Å². The van der Waals surface area contributed by atoms with Gasteiger partial charge >= 0.3 is 11.9 Å². The van der Waals surface area contributed by atoms with Crippen molar-refractivity contribution < 1.29 is 29.7 Å². The number of carboxylic acid groups (broad SMARTS) is 2. The Balaban J connectivity index is 3.77. The van der Waals surface area contributed by atoms with Crippen molar-refractivity contribution >= 4 is 17.8 Å². The van der Waals surface area contributed by atoms with E-state index in [1.165, 1.54) is 56.3 Å². The van der Waals surface area contributed by atoms with Crippen LogP contribution in [-0.4, -0.2) is 70.3 Å². The Hall–Kier alpha value is -1.93. The molecule has 0 aromatic carbocycles. The fourth-order valence-corrected chi connectivity index (χ4v) is 3.90. The first-order valence-corrected chi connectivity index (χ1v) is 13.1. The number of carbonyl (C=O) groups is 3. The predicted molar refractivity (Wildman–Crippen MR) is 135 cm³/mol. The van der Waals surface area contributed by atoms with Gasteiger partial charge in [-0.1, -0.05) is 70.4 Å². The van der Waals surface area contributed by atoms with Gasteiger partial charge in [-0.15, -0.1) is 0 Å². The predicted octanol–water partition coefficient (Wildman–Crippen LogP) is 4.36. The minimum atomic E-state index is -1.17. The lowest BCUT2D eigenvalue weighted by Crippen LogP contribution is -2.47. The third-order valence-electron chi connectivity index (χ3n) is 5.86. The van der Waals surface area contributed by atoms with E-state index in [1.54, 1.807) is 0 Å². The Labute approximate surface area is 205 Å². The summed E-state index contributed by atoms with van der Waals surface area (Å²) in [6.45, 7) is 1.54. The summed E-state index contributed by atoms with van der Waals surface area (Å²) in [6.07, 6.45) is 20.7. The molecule has 1 unspecified atom stereocenters. The lowest BCUT2D eigenvalue weighted by molar-refractivity contribution is -0.147. The van der Waals surface area contributed by atoms with E-state index in [0.29, 0.717) is 6.42 Å². The Morgan fingerprint density at radius 3 is 1.94 bits per heavy atom. The van der Waals surface area contributed by atoms with Crippen molar-refractivity contribution in [2.45, 2.75) is 109 Å². The molecule has 34 heavy (non-hydrogen) atoms. The first kappa shape index (κ1) is 32.1. The molecule has 0 saturated carbocycles. The Morgan fingerprint density at radius 1 is 0.853 bits per heavy atom. The fourth-order valence-electron chi connectivity index (χ4n) is 3.90. The van der Waals surface area contributed by atoms with E-state index in [-0.39, 0.29) is 32.0 Å². The van der Waals surface area contributed by atoms with Gasteiger partial charge in [-0.2, -0.15) is 0 Å². The van der Waals surface area contributed by atoms with Gasteiger partial charge in [-0.25, -0.2) is 0 Å². The van der Waals surface area contributed by atoms with Crippen molar-refractivity contribution in [1.29, 1.82) is 0 Å². The van der Waals surface area contributed by atoms with Crippen LogP contribution in [0.5, 0.6) is 0 Å². The van der Waals surface area contributed by atoms with Crippen LogP contribution in [-0.2, 0) is 14.4 Å². The number of carbonyl (C=O) groups excluding carboxylic acids is 1. The molecule has 4 N–H and O–H groups in total. The number of aliphatic carboxylic acids is 2. The summed E-state index contributed by atoms with van der Waals surface area (Å²) < 4.78 is 0. The van der Waals surface area contributed by atoms with E-state index in [9.17, 15) is 19.5 Å². The molecule has 0 saturated heterocycles. The van der Waals surface area contributed by atoms with Gasteiger partial charge < -0.3 is 20.6 Å². The second kappa shape index (κ2) is 22.8. The van der Waals surface area contributed by atoms with Crippen molar-refractivity contribution in [2.75, 3.05) is 26.2 Å². The van der Waals surface area contributed by atoms with E-state index in [2.05, 4.69) is 24.4 Å². The molecule has 0 radical (unpaired) electrons. The van der Waals surface area contributed by atoms with Crippen molar-refractivity contribution in [3.8, 4) is 0 Å². The highest BCUT2D eigenvalue weighted by atomic mass is 16.4. The van der Waals surface area contributed by atoms with Crippen LogP contribution in [0.2, 0.25) is 0 Å². The zero-order valence-electron chi connectivity index (χ0n) is 21.2. The van der Waals surface area contributed by atoms with Gasteiger partial charge in [-0.05, 0) is 38.5 Å². The van der Waals surface area contributed by atoms with E-state index < -0.39 is 24.5 Å². The average Bonchev–Trinajstić information content (AvgIpc) is 2.78. The van der Waals surface area contributed by atoms with Crippen molar-refractivity contribution in [3.05, 3.63) is 12.2 Å². The molecule has 1 atom stereocenters. The highest BCUT2D eigenvalue weighted by Crippen LogP contribution is 2.10. The fraction of sp³-hybridized carbons (Fsp3) is 0.808. The average molecular weight is 485 g/mol. The number of hydrogen-bond donors (Lipinski definition) is 4. The van der Waals surface area contributed by atoms with Crippen molar-refractivity contribution in [2.24, 2.45) is 0 Å². The van der Waals surface area contributed by atoms with Crippen LogP contribution >= 0.6 is 0 Å². The smallest absolute Gasteiger partial charge is 0.321 e. The largest absolute Gasteiger partial charge is 0.480 e. The third-order valence-corrected chi connectivity index (χ3v) is 5.86. The van der Waals surface area contributed by atoms with Crippen LogP contribution in [0.3, 0.4) is 0 Å². The number of allylic oxidation sites excluding steroid dienone is 2. The van der Waals surface area contributed by atoms with Gasteiger partial charge in [0.2, 0.25) is 5.91 Å². The number of nitrogens with one attached hydrogen (secondary N) is 1. The lowest BCUT2D eigenvalue weighted by atomic mass is 10.1. The molecule has 0 spiro atoms. The topological polar surface area (TPSA) is 127 Å². The van der Waals surface area contributed by atoms with Gasteiger partial charge in [0.25, 0.3) is 0 Å². The van der Waals surface area contributed by atoms with E-state index in [4.69, 9.17) is 10.2 Å². The molecule has 0 heterocycles. The molecular weight excluding hydrogens is 436 g/mol. The van der Waals surface area contributed by atoms with Crippen molar-refractivity contribution in [1.82, 2.24) is 10.2 Å². The molecule has 0 aliphatic heterocycles. The molecule has 0 aliphatic rings. The third kappa shape index (κ3) is 19.5. The quantitative estimate of drug-likeness (QED) is 0.118. The molecule has 0 rings (SSSR count). The van der Waals surface area contributed by atoms with Crippen LogP contribution in [0.25, 0.3) is 0 Å². The zero-order valence-corrected chi connectivity index (χ0v) is 21.2. The number of unbranched alkanes of at least 4 members (excludes halogenated alkanes) is 11. The number of aliphatic hydroxyl groups excluding tert-OH is 1. The van der Waals surface area contributed by atoms with Crippen LogP contribution in [0.15, 0.2) is 12.2 Å². The Bertz CT molecular complexity index is 567. The number of hydrogen-bond acceptors (Lipinski definition) is 5. The first-order chi connectivity index (χ1) is 16.4. The van der Waals surface area contributed by atoms with Crippen LogP contribution < -0.4 is 5.32 Å². The molecule has 8 nitrogen and oxygen atoms in total. The lowest BCUT2D eigenvalue weighted by Gasteiger charge is -2.26. The minimum Gasteiger partial charge on any atom is -0.480 e. The number of carboxylic acids is 2. The maximum absolute atomic E-state index is 12.0. The standard InChI is InChI=1S/C26H48N2O6/c1-2-3-4-5-6-7-8-9-10-11-12-13-14-15-16-17-24(30)27-19-18-23(26(33)34)28(20-21-29)22-25(31)32/h9-10,23,29H,2-8,11-22H2,1H3,(H,27,30)(H,31,32)(H,33,34)/b10-9-. The molecular formula is C26H48N2O6. The Kier molecular flexibility index (Phi) is 21.5. The van der Waals surface area contributed by atoms with E-state index in [0.717, 1.165) is 32.1 Å². The first-order valence-electron chi connectivity index (χ1n) is 13.1. The molecule has 1 amide bonds. The highest BCUT2D eigenvalue weighted by Gasteiger charge is 2.26. The summed E-state index contributed by atoms with van der Waals surface area (Å²) in [5.74, 6) is -2.44. The summed E-state index contributed by atoms with van der Waals surface area (Å²) in [6, 6.07) is -1.07. The van der Waals surface area contributed by atoms with Crippen LogP contribution in [0.1, 0.15) is 103 Å². The van der Waals surface area contributed by atoms with Crippen molar-refractivity contribution in [3.63, 3.8) is 0 Å². The summed E-state index contributed by atoms with van der Waals surface area (Å²) in [7, 11) is 0. The van der Waals surface area contributed by atoms with Gasteiger partial charge in [-0.3, -0.25) is 19.3 Å². The second-order valence-corrected chi connectivity index (χ2v) is 8.91. The zero-order chi connectivity index (χ0) is 25.4. The van der Waals surface area contributed by atoms with Crippen LogP contribution in [0, 0.1) is 0 Å². The summed E-state index contributed by atoms with van der Waals surface area (Å²) in [5.41, 5.74) is 0. The maximum atomic E-state index is 12.0. The monoisotopic (exact) mass is 484 g/mol. The minimum absolute atomic E-state index is 0.0495. The van der Waals surface area contributed by atoms with Gasteiger partial charge in [0.05, 0.1) is 13.2 Å². The molecule has 0 fully saturated rings. The molecule has 0 bridgehead atoms.